The fraction of sp³-hybridized carbons (Fsp3) is 0.205. The molecule has 0 amide bonds. The van der Waals surface area contributed by atoms with Crippen molar-refractivity contribution in [3.8, 4) is 67.3 Å². The Kier molecular flexibility index (Phi) is 17.6. The van der Waals surface area contributed by atoms with Crippen LogP contribution in [0.15, 0.2) is 255 Å². The van der Waals surface area contributed by atoms with Crippen LogP contribution in [0.3, 0.4) is 0 Å². The molecule has 3 saturated carbocycles. The van der Waals surface area contributed by atoms with Crippen LogP contribution >= 0.6 is 0 Å². The van der Waals surface area contributed by atoms with Gasteiger partial charge in [0.1, 0.15) is 29.4 Å². The Morgan fingerprint density at radius 3 is 1.46 bits per heavy atom. The summed E-state index contributed by atoms with van der Waals surface area (Å²) in [6, 6.07) is 70.1. The number of nitrogens with zero attached hydrogens (tertiary/aromatic N) is 12. The molecule has 0 spiro atoms. The maximum Gasteiger partial charge on any atom is 0.296 e. The van der Waals surface area contributed by atoms with Crippen molar-refractivity contribution >= 4 is 93.1 Å². The summed E-state index contributed by atoms with van der Waals surface area (Å²) in [7, 11) is -3.78. The van der Waals surface area contributed by atoms with E-state index in [0.29, 0.717) is 29.5 Å². The number of hydrogen-bond donors (Lipinski definition) is 3. The number of rotatable bonds is 15. The third-order valence-corrected chi connectivity index (χ3v) is 23.5. The Balaban J connectivity index is 0.000000115. The minimum Gasteiger partial charge on any atom is -0.383 e. The molecular weight excluding hydrogens is 1350 g/mol. The Hall–Kier alpha value is -12.0. The average Bonchev–Trinajstić information content (AvgIpc) is 1.62. The van der Waals surface area contributed by atoms with Crippen molar-refractivity contribution in [2.45, 2.75) is 81.3 Å². The highest BCUT2D eigenvalue weighted by atomic mass is 32.2. The molecule has 0 atom stereocenters. The van der Waals surface area contributed by atoms with Gasteiger partial charge in [-0.1, -0.05) is 157 Å². The predicted molar refractivity (Wildman–Crippen MR) is 428 cm³/mol. The first-order valence-corrected chi connectivity index (χ1v) is 38.3. The number of hydrogen-bond acceptors (Lipinski definition) is 15. The standard InChI is InChI=1S/C34H30N4O3S.C30H29N5.C24H20N6/c1-22-7-12-28(13-8-22)42(39,40)41-21-23-17-27(18-23)38-20-29(33-32(38)15-16-36-34(33)35)26-10-9-25-11-14-30(37-31(25)19-26)24-5-3-2-4-6-24;31-30-29-25(19-35(28(29)11-12-32-30)24-15-20(16-24)18-34-13-4-14-34)23-8-7-22-9-10-26(33-27(22)17-23)21-5-2-1-3-6-21;25-22-21-19(13-30(18-7-4-8-18)24(21)28-14-27-22)16-9-10-17-12-26-23(29-20(17)11-16)15-5-2-1-3-6-15/h2-16,19-20,23,27H,17-18,21H2,1H3,(H2,35,36);1-3,5-12,17,19-20,24H,4,13-16,18H2,(H2,31,32);1-3,5-6,9-14,18H,4,7-8H2,(H2,25,27,28). The zero-order chi connectivity index (χ0) is 72.3. The molecule has 3 aliphatic carbocycles. The van der Waals surface area contributed by atoms with Gasteiger partial charge in [0.2, 0.25) is 0 Å². The van der Waals surface area contributed by atoms with E-state index in [9.17, 15) is 8.42 Å². The number of aromatic nitrogens is 11. The highest BCUT2D eigenvalue weighted by Gasteiger charge is 2.36. The van der Waals surface area contributed by atoms with Gasteiger partial charge in [-0.3, -0.25) is 4.18 Å². The molecule has 20 rings (SSSR count). The third kappa shape index (κ3) is 13.1. The van der Waals surface area contributed by atoms with Crippen molar-refractivity contribution < 1.29 is 12.6 Å². The molecule has 107 heavy (non-hydrogen) atoms. The molecular formula is C88H79N15O3S. The van der Waals surface area contributed by atoms with E-state index in [1.807, 2.05) is 86.0 Å². The van der Waals surface area contributed by atoms with Crippen LogP contribution < -0.4 is 17.2 Å². The lowest BCUT2D eigenvalue weighted by molar-refractivity contribution is 0.0923. The number of fused-ring (bicyclic) bond motifs is 6. The largest absolute Gasteiger partial charge is 0.383 e. The number of nitrogen functional groups attached to an aromatic ring is 3. The quantitative estimate of drug-likeness (QED) is 0.0808. The van der Waals surface area contributed by atoms with Crippen molar-refractivity contribution in [2.24, 2.45) is 11.8 Å². The molecule has 1 saturated heterocycles. The number of aryl methyl sites for hydroxylation is 1. The fourth-order valence-corrected chi connectivity index (χ4v) is 16.8. The van der Waals surface area contributed by atoms with Crippen LogP contribution in [0, 0.1) is 18.8 Å². The van der Waals surface area contributed by atoms with Crippen LogP contribution in [0.2, 0.25) is 0 Å². The van der Waals surface area contributed by atoms with Gasteiger partial charge in [-0.25, -0.2) is 39.9 Å². The molecule has 0 bridgehead atoms. The molecule has 7 aromatic carbocycles. The van der Waals surface area contributed by atoms with Gasteiger partial charge in [0.15, 0.2) is 5.82 Å². The summed E-state index contributed by atoms with van der Waals surface area (Å²) in [4.78, 5) is 39.7. The maximum absolute atomic E-state index is 12.7. The number of anilines is 3. The molecule has 6 N–H and O–H groups in total. The normalized spacial score (nSPS) is 17.2. The molecule has 0 radical (unpaired) electrons. The van der Waals surface area contributed by atoms with Crippen molar-refractivity contribution in [2.75, 3.05) is 43.4 Å². The second kappa shape index (κ2) is 28.1. The van der Waals surface area contributed by atoms with Gasteiger partial charge in [0, 0.05) is 122 Å². The molecule has 4 fully saturated rings. The minimum absolute atomic E-state index is 0.150. The summed E-state index contributed by atoms with van der Waals surface area (Å²) in [5, 5.41) is 6.09. The van der Waals surface area contributed by atoms with Gasteiger partial charge in [0.05, 0.1) is 55.9 Å². The van der Waals surface area contributed by atoms with Gasteiger partial charge < -0.3 is 35.8 Å². The Labute approximate surface area is 619 Å². The van der Waals surface area contributed by atoms with Gasteiger partial charge in [0.25, 0.3) is 10.1 Å². The summed E-state index contributed by atoms with van der Waals surface area (Å²) in [6.07, 6.45) is 22.7. The lowest BCUT2D eigenvalue weighted by atomic mass is 9.79. The van der Waals surface area contributed by atoms with Crippen LogP contribution in [0.1, 0.15) is 75.1 Å². The summed E-state index contributed by atoms with van der Waals surface area (Å²) in [5.41, 5.74) is 37.6. The maximum atomic E-state index is 12.7. The Morgan fingerprint density at radius 2 is 0.935 bits per heavy atom. The molecule has 4 aliphatic rings. The monoisotopic (exact) mass is 1430 g/mol. The van der Waals surface area contributed by atoms with Crippen LogP contribution in [0.4, 0.5) is 17.5 Å². The van der Waals surface area contributed by atoms with Crippen LogP contribution in [0.25, 0.3) is 133 Å². The van der Waals surface area contributed by atoms with E-state index >= 15 is 0 Å². The first kappa shape index (κ1) is 66.9. The van der Waals surface area contributed by atoms with Gasteiger partial charge in [-0.2, -0.15) is 8.42 Å². The van der Waals surface area contributed by atoms with E-state index in [0.717, 1.165) is 152 Å². The van der Waals surface area contributed by atoms with Gasteiger partial charge in [-0.15, -0.1) is 0 Å². The predicted octanol–water partition coefficient (Wildman–Crippen LogP) is 18.3. The van der Waals surface area contributed by atoms with Crippen molar-refractivity contribution in [3.05, 3.63) is 255 Å². The number of nitrogens with two attached hydrogens (primary N) is 3. The lowest BCUT2D eigenvalue weighted by Crippen LogP contribution is -2.43. The summed E-state index contributed by atoms with van der Waals surface area (Å²) >= 11 is 0. The highest BCUT2D eigenvalue weighted by Crippen LogP contribution is 2.47. The van der Waals surface area contributed by atoms with E-state index in [1.165, 1.54) is 63.7 Å². The van der Waals surface area contributed by atoms with E-state index < -0.39 is 10.1 Å². The molecule has 18 nitrogen and oxygen atoms in total. The molecule has 19 heteroatoms. The summed E-state index contributed by atoms with van der Waals surface area (Å²) < 4.78 is 37.7. The van der Waals surface area contributed by atoms with Crippen LogP contribution in [-0.4, -0.2) is 93.1 Å². The van der Waals surface area contributed by atoms with E-state index in [4.69, 9.17) is 36.3 Å². The second-order valence-corrected chi connectivity index (χ2v) is 30.6. The zero-order valence-electron chi connectivity index (χ0n) is 59.3. The topological polar surface area (TPSA) is 243 Å². The third-order valence-electron chi connectivity index (χ3n) is 22.2. The number of pyridine rings is 4. The number of benzene rings is 7. The second-order valence-electron chi connectivity index (χ2n) is 29.0. The van der Waals surface area contributed by atoms with Crippen LogP contribution in [0.5, 0.6) is 0 Å². The molecule has 16 aromatic rings. The first-order chi connectivity index (χ1) is 52.4. The fourth-order valence-electron chi connectivity index (χ4n) is 15.8. The molecule has 0 unspecified atom stereocenters. The summed E-state index contributed by atoms with van der Waals surface area (Å²) in [6.45, 7) is 5.91. The van der Waals surface area contributed by atoms with E-state index in [1.54, 1.807) is 36.8 Å². The molecule has 10 heterocycles. The van der Waals surface area contributed by atoms with E-state index in [-0.39, 0.29) is 23.5 Å². The molecule has 1 aliphatic heterocycles. The Morgan fingerprint density at radius 1 is 0.449 bits per heavy atom. The van der Waals surface area contributed by atoms with Crippen LogP contribution in [-0.2, 0) is 14.3 Å². The first-order valence-electron chi connectivity index (χ1n) is 36.9. The smallest absolute Gasteiger partial charge is 0.296 e. The van der Waals surface area contributed by atoms with E-state index in [2.05, 4.69) is 177 Å². The van der Waals surface area contributed by atoms with Crippen molar-refractivity contribution in [1.29, 1.82) is 0 Å². The minimum atomic E-state index is -3.78. The number of likely N-dealkylation sites (tertiary alicyclic amines) is 1. The lowest BCUT2D eigenvalue weighted by Gasteiger charge is -2.42. The SMILES string of the molecule is Cc1ccc(S(=O)(=O)OCC2CC(n3cc(-c4ccc5ccc(-c6ccccc6)nc5c4)c4c(N)nccc43)C2)cc1.Nc1nccc2c1c(-c1ccc3ccc(-c4ccccc4)nc3c1)cn2C1CC(CN2CCC2)C1.Nc1ncnc2c1c(-c1ccc3cnc(-c4ccccc4)nc3c1)cn2C1CCC1. The summed E-state index contributed by atoms with van der Waals surface area (Å²) in [5.74, 6) is 3.27. The van der Waals surface area contributed by atoms with Crippen molar-refractivity contribution in [1.82, 2.24) is 58.5 Å². The zero-order valence-corrected chi connectivity index (χ0v) is 60.1. The van der Waals surface area contributed by atoms with Crippen molar-refractivity contribution in [3.63, 3.8) is 0 Å². The molecule has 530 valence electrons. The molecule has 9 aromatic heterocycles. The average molecular weight is 1430 g/mol. The Bertz CT molecular complexity index is 6130. The van der Waals surface area contributed by atoms with Gasteiger partial charge in [-0.05, 0) is 155 Å². The highest BCUT2D eigenvalue weighted by molar-refractivity contribution is 7.86. The van der Waals surface area contributed by atoms with Gasteiger partial charge >= 0.3 is 0 Å².